The zero-order valence-electron chi connectivity index (χ0n) is 14.6. The summed E-state index contributed by atoms with van der Waals surface area (Å²) in [6.07, 6.45) is 1.09. The van der Waals surface area contributed by atoms with Crippen LogP contribution < -0.4 is 10.9 Å². The summed E-state index contributed by atoms with van der Waals surface area (Å²) in [4.78, 5) is 31.7. The zero-order valence-corrected chi connectivity index (χ0v) is 14.6. The SMILES string of the molecule is CN(C)[C@@H]1[C@@H](NC(=O)c2nc3ccccc3n(C)c2=O)[C@H]2CCO[C@H]21. The second-order valence-corrected chi connectivity index (χ2v) is 7.05. The fourth-order valence-electron chi connectivity index (χ4n) is 4.13. The molecule has 1 saturated carbocycles. The summed E-state index contributed by atoms with van der Waals surface area (Å²) in [5.74, 6) is -0.103. The number of likely N-dealkylation sites (N-methyl/N-ethyl adjacent to an activating group) is 1. The highest BCUT2D eigenvalue weighted by molar-refractivity contribution is 5.94. The number of rotatable bonds is 3. The fourth-order valence-corrected chi connectivity index (χ4v) is 4.13. The number of para-hydroxylation sites is 2. The molecule has 4 rings (SSSR count). The molecule has 7 heteroatoms. The molecule has 7 nitrogen and oxygen atoms in total. The van der Waals surface area contributed by atoms with E-state index in [1.54, 1.807) is 13.1 Å². The zero-order chi connectivity index (χ0) is 17.7. The molecular formula is C18H22N4O3. The van der Waals surface area contributed by atoms with Crippen LogP contribution in [-0.2, 0) is 11.8 Å². The van der Waals surface area contributed by atoms with Crippen molar-refractivity contribution in [3.05, 3.63) is 40.3 Å². The minimum atomic E-state index is -0.409. The van der Waals surface area contributed by atoms with Gasteiger partial charge in [0.1, 0.15) is 0 Å². The van der Waals surface area contributed by atoms with E-state index in [4.69, 9.17) is 4.74 Å². The maximum atomic E-state index is 12.8. The van der Waals surface area contributed by atoms with Crippen LogP contribution in [0.2, 0.25) is 0 Å². The van der Waals surface area contributed by atoms with E-state index in [9.17, 15) is 9.59 Å². The van der Waals surface area contributed by atoms with E-state index in [-0.39, 0.29) is 29.4 Å². The molecule has 2 aliphatic rings. The van der Waals surface area contributed by atoms with Crippen molar-refractivity contribution in [2.24, 2.45) is 13.0 Å². The molecule has 2 fully saturated rings. The minimum absolute atomic E-state index is 0.0204. The fraction of sp³-hybridized carbons (Fsp3) is 0.500. The summed E-state index contributed by atoms with van der Waals surface area (Å²) in [5, 5.41) is 3.03. The third-order valence-corrected chi connectivity index (χ3v) is 5.44. The molecule has 0 unspecified atom stereocenters. The van der Waals surface area contributed by atoms with Gasteiger partial charge in [0.25, 0.3) is 11.5 Å². The van der Waals surface area contributed by atoms with Gasteiger partial charge in [-0.25, -0.2) is 4.98 Å². The van der Waals surface area contributed by atoms with Crippen molar-refractivity contribution in [1.29, 1.82) is 0 Å². The first-order chi connectivity index (χ1) is 12.0. The minimum Gasteiger partial charge on any atom is -0.376 e. The molecule has 0 spiro atoms. The van der Waals surface area contributed by atoms with Gasteiger partial charge < -0.3 is 19.5 Å². The summed E-state index contributed by atoms with van der Waals surface area (Å²) >= 11 is 0. The van der Waals surface area contributed by atoms with Gasteiger partial charge in [0, 0.05) is 19.6 Å². The quantitative estimate of drug-likeness (QED) is 0.873. The average Bonchev–Trinajstić information content (AvgIpc) is 2.99. The predicted octanol–water partition coefficient (Wildman–Crippen LogP) is 0.381. The van der Waals surface area contributed by atoms with Crippen molar-refractivity contribution in [3.8, 4) is 0 Å². The number of nitrogens with one attached hydrogen (secondary N) is 1. The summed E-state index contributed by atoms with van der Waals surface area (Å²) < 4.78 is 7.24. The smallest absolute Gasteiger partial charge is 0.282 e. The second-order valence-electron chi connectivity index (χ2n) is 7.05. The maximum Gasteiger partial charge on any atom is 0.282 e. The number of amides is 1. The molecule has 1 amide bonds. The van der Waals surface area contributed by atoms with Gasteiger partial charge in [-0.2, -0.15) is 0 Å². The number of aryl methyl sites for hydroxylation is 1. The van der Waals surface area contributed by atoms with Gasteiger partial charge in [-0.3, -0.25) is 9.59 Å². The number of hydrogen-bond acceptors (Lipinski definition) is 5. The normalized spacial score (nSPS) is 28.0. The van der Waals surface area contributed by atoms with Gasteiger partial charge in [-0.1, -0.05) is 12.1 Å². The van der Waals surface area contributed by atoms with Crippen LogP contribution in [0.1, 0.15) is 16.9 Å². The van der Waals surface area contributed by atoms with Gasteiger partial charge >= 0.3 is 0 Å². The van der Waals surface area contributed by atoms with Gasteiger partial charge in [0.15, 0.2) is 5.69 Å². The lowest BCUT2D eigenvalue weighted by Gasteiger charge is -2.50. The molecule has 0 radical (unpaired) electrons. The Kier molecular flexibility index (Phi) is 3.85. The van der Waals surface area contributed by atoms with Gasteiger partial charge in [-0.05, 0) is 32.6 Å². The average molecular weight is 342 g/mol. The highest BCUT2D eigenvalue weighted by Gasteiger charge is 2.55. The van der Waals surface area contributed by atoms with Crippen molar-refractivity contribution in [2.75, 3.05) is 20.7 Å². The Bertz CT molecular complexity index is 892. The van der Waals surface area contributed by atoms with Crippen LogP contribution in [0.25, 0.3) is 11.0 Å². The highest BCUT2D eigenvalue weighted by atomic mass is 16.5. The Morgan fingerprint density at radius 1 is 1.36 bits per heavy atom. The third-order valence-electron chi connectivity index (χ3n) is 5.44. The van der Waals surface area contributed by atoms with E-state index >= 15 is 0 Å². The van der Waals surface area contributed by atoms with Crippen LogP contribution in [0, 0.1) is 5.92 Å². The maximum absolute atomic E-state index is 12.8. The van der Waals surface area contributed by atoms with Crippen molar-refractivity contribution >= 4 is 16.9 Å². The van der Waals surface area contributed by atoms with E-state index in [2.05, 4.69) is 15.2 Å². The standard InChI is InChI=1S/C18H22N4O3/c1-21(2)15-13(10-8-9-25-16(10)15)20-17(23)14-18(24)22(3)12-7-5-4-6-11(12)19-14/h4-7,10,13,15-16H,8-9H2,1-3H3,(H,20,23)/t10-,13+,15-,16-/m1/s1. The van der Waals surface area contributed by atoms with Crippen molar-refractivity contribution in [1.82, 2.24) is 19.8 Å². The molecule has 4 atom stereocenters. The molecule has 0 bridgehead atoms. The van der Waals surface area contributed by atoms with Crippen LogP contribution >= 0.6 is 0 Å². The summed E-state index contributed by atoms with van der Waals surface area (Å²) in [7, 11) is 5.62. The number of carbonyl (C=O) groups is 1. The van der Waals surface area contributed by atoms with Crippen LogP contribution in [0.15, 0.2) is 29.1 Å². The highest BCUT2D eigenvalue weighted by Crippen LogP contribution is 2.41. The van der Waals surface area contributed by atoms with Crippen LogP contribution in [0.4, 0.5) is 0 Å². The molecule has 1 aliphatic heterocycles. The molecule has 132 valence electrons. The van der Waals surface area contributed by atoms with Crippen LogP contribution in [-0.4, -0.2) is 59.2 Å². The molecule has 2 heterocycles. The van der Waals surface area contributed by atoms with Gasteiger partial charge in [0.05, 0.1) is 29.2 Å². The first kappa shape index (κ1) is 16.2. The Labute approximate surface area is 145 Å². The molecule has 2 aromatic rings. The molecular weight excluding hydrogens is 320 g/mol. The lowest BCUT2D eigenvalue weighted by atomic mass is 9.71. The van der Waals surface area contributed by atoms with E-state index in [1.807, 2.05) is 32.3 Å². The van der Waals surface area contributed by atoms with Crippen LogP contribution in [0.3, 0.4) is 0 Å². The second kappa shape index (κ2) is 5.93. The van der Waals surface area contributed by atoms with Crippen molar-refractivity contribution < 1.29 is 9.53 Å². The summed E-state index contributed by atoms with van der Waals surface area (Å²) in [5.41, 5.74) is 0.912. The van der Waals surface area contributed by atoms with Gasteiger partial charge in [-0.15, -0.1) is 0 Å². The number of nitrogens with zero attached hydrogens (tertiary/aromatic N) is 3. The summed E-state index contributed by atoms with van der Waals surface area (Å²) in [6.45, 7) is 0.724. The number of ether oxygens (including phenoxy) is 1. The Morgan fingerprint density at radius 3 is 2.88 bits per heavy atom. The first-order valence-corrected chi connectivity index (χ1v) is 8.53. The topological polar surface area (TPSA) is 76.5 Å². The van der Waals surface area contributed by atoms with E-state index < -0.39 is 5.91 Å². The molecule has 1 aromatic carbocycles. The van der Waals surface area contributed by atoms with Gasteiger partial charge in [0.2, 0.25) is 0 Å². The number of fused-ring (bicyclic) bond motifs is 2. The Balaban J connectivity index is 1.64. The lowest BCUT2D eigenvalue weighted by molar-refractivity contribution is -0.0664. The number of carbonyl (C=O) groups excluding carboxylic acids is 1. The van der Waals surface area contributed by atoms with Crippen molar-refractivity contribution in [2.45, 2.75) is 24.6 Å². The Morgan fingerprint density at radius 2 is 2.12 bits per heavy atom. The third kappa shape index (κ3) is 2.46. The number of hydrogen-bond donors (Lipinski definition) is 1. The monoisotopic (exact) mass is 342 g/mol. The van der Waals surface area contributed by atoms with Crippen molar-refractivity contribution in [3.63, 3.8) is 0 Å². The van der Waals surface area contributed by atoms with E-state index in [1.165, 1.54) is 4.57 Å². The Hall–Kier alpha value is -2.25. The predicted molar refractivity (Wildman–Crippen MR) is 93.6 cm³/mol. The molecule has 1 saturated heterocycles. The molecule has 1 N–H and O–H groups in total. The largest absolute Gasteiger partial charge is 0.376 e. The first-order valence-electron chi connectivity index (χ1n) is 8.53. The van der Waals surface area contributed by atoms with Crippen LogP contribution in [0.5, 0.6) is 0 Å². The number of benzene rings is 1. The summed E-state index contributed by atoms with van der Waals surface area (Å²) in [6, 6.07) is 7.42. The van der Waals surface area contributed by atoms with E-state index in [0.717, 1.165) is 13.0 Å². The van der Waals surface area contributed by atoms with E-state index in [0.29, 0.717) is 17.0 Å². The lowest BCUT2D eigenvalue weighted by Crippen LogP contribution is -2.69. The molecule has 1 aromatic heterocycles. The molecule has 25 heavy (non-hydrogen) atoms. The molecule has 1 aliphatic carbocycles. The number of aromatic nitrogens is 2.